The fourth-order valence-electron chi connectivity index (χ4n) is 0.887. The Hall–Kier alpha value is 1.30. The first-order valence-electron chi connectivity index (χ1n) is 2.98. The first-order chi connectivity index (χ1) is 4.10. The molecule has 0 atom stereocenters. The maximum Gasteiger partial charge on any atom is 0.250 e. The lowest BCUT2D eigenvalue weighted by Gasteiger charge is -2.23. The van der Waals surface area contributed by atoms with Crippen molar-refractivity contribution in [3.63, 3.8) is 0 Å². The topological polar surface area (TPSA) is 0 Å². The fourth-order valence-corrected chi connectivity index (χ4v) is 11.6. The Bertz CT molecular complexity index is 96.0. The van der Waals surface area contributed by atoms with Crippen molar-refractivity contribution < 1.29 is 0 Å². The van der Waals surface area contributed by atoms with Gasteiger partial charge in [-0.25, -0.2) is 0 Å². The van der Waals surface area contributed by atoms with E-state index in [1.807, 2.05) is 0 Å². The van der Waals surface area contributed by atoms with E-state index in [0.717, 1.165) is 24.2 Å². The van der Waals surface area contributed by atoms with Crippen molar-refractivity contribution in [2.45, 2.75) is 24.2 Å². The molecule has 0 spiro atoms. The summed E-state index contributed by atoms with van der Waals surface area (Å²) < 4.78 is 0. The maximum absolute atomic E-state index is 6.00. The number of hydrogen-bond donors (Lipinski definition) is 0. The van der Waals surface area contributed by atoms with E-state index in [9.17, 15) is 0 Å². The SMILES string of the molecule is Cl[Si]1CC[Si](Cl)(Cl)CC1. The van der Waals surface area contributed by atoms with Crippen LogP contribution in [0.3, 0.4) is 0 Å². The predicted octanol–water partition coefficient (Wildman–Crippen LogP) is 3.15. The highest BCUT2D eigenvalue weighted by atomic mass is 35.7. The maximum atomic E-state index is 6.00. The van der Waals surface area contributed by atoms with E-state index in [-0.39, 0.29) is 0 Å². The van der Waals surface area contributed by atoms with Crippen LogP contribution in [0.1, 0.15) is 0 Å². The van der Waals surface area contributed by atoms with Crippen molar-refractivity contribution in [1.82, 2.24) is 0 Å². The largest absolute Gasteiger partial charge is 0.250 e. The summed E-state index contributed by atoms with van der Waals surface area (Å²) in [6, 6.07) is 4.28. The number of rotatable bonds is 0. The zero-order chi connectivity index (χ0) is 6.91. The van der Waals surface area contributed by atoms with Gasteiger partial charge in [0.05, 0.1) is 0 Å². The monoisotopic (exact) mass is 217 g/mol. The Balaban J connectivity index is 2.35. The van der Waals surface area contributed by atoms with Gasteiger partial charge in [0.1, 0.15) is 0 Å². The lowest BCUT2D eigenvalue weighted by atomic mass is 10.9. The Morgan fingerprint density at radius 3 is 1.89 bits per heavy atom. The average Bonchev–Trinajstić information content (AvgIpc) is 1.78. The highest BCUT2D eigenvalue weighted by Crippen LogP contribution is 2.36. The summed E-state index contributed by atoms with van der Waals surface area (Å²) in [7, 11) is -0.525. The van der Waals surface area contributed by atoms with E-state index >= 15 is 0 Å². The molecule has 0 unspecified atom stereocenters. The molecule has 1 aliphatic rings. The van der Waals surface area contributed by atoms with Crippen LogP contribution >= 0.6 is 33.2 Å². The summed E-state index contributed by atoms with van der Waals surface area (Å²) in [5.41, 5.74) is 0. The van der Waals surface area contributed by atoms with Gasteiger partial charge in [-0.3, -0.25) is 0 Å². The third-order valence-electron chi connectivity index (χ3n) is 1.52. The van der Waals surface area contributed by atoms with E-state index in [1.54, 1.807) is 0 Å². The van der Waals surface area contributed by atoms with Crippen molar-refractivity contribution >= 4 is 48.0 Å². The summed E-state index contributed by atoms with van der Waals surface area (Å²) in [6.07, 6.45) is 0. The Morgan fingerprint density at radius 2 is 1.56 bits per heavy atom. The molecule has 1 saturated heterocycles. The van der Waals surface area contributed by atoms with E-state index in [0.29, 0.717) is 0 Å². The Kier molecular flexibility index (Phi) is 2.93. The van der Waals surface area contributed by atoms with Crippen molar-refractivity contribution in [3.05, 3.63) is 0 Å². The molecule has 0 amide bonds. The van der Waals surface area contributed by atoms with Crippen LogP contribution in [-0.2, 0) is 0 Å². The molecular weight excluding hydrogens is 211 g/mol. The van der Waals surface area contributed by atoms with Gasteiger partial charge in [0.15, 0.2) is 8.11 Å². The van der Waals surface area contributed by atoms with Crippen LogP contribution in [0.5, 0.6) is 0 Å². The molecule has 1 fully saturated rings. The van der Waals surface area contributed by atoms with E-state index in [2.05, 4.69) is 0 Å². The second kappa shape index (κ2) is 3.14. The molecule has 0 nitrogen and oxygen atoms in total. The van der Waals surface area contributed by atoms with Gasteiger partial charge in [0.2, 0.25) is 0 Å². The number of halogens is 3. The van der Waals surface area contributed by atoms with Gasteiger partial charge >= 0.3 is 0 Å². The average molecular weight is 219 g/mol. The van der Waals surface area contributed by atoms with Crippen LogP contribution < -0.4 is 0 Å². The van der Waals surface area contributed by atoms with Crippen molar-refractivity contribution in [2.24, 2.45) is 0 Å². The van der Waals surface area contributed by atoms with E-state index in [4.69, 9.17) is 33.2 Å². The molecule has 0 aliphatic carbocycles. The smallest absolute Gasteiger partial charge is 0.169 e. The van der Waals surface area contributed by atoms with Gasteiger partial charge in [-0.1, -0.05) is 0 Å². The predicted molar refractivity (Wildman–Crippen MR) is 48.3 cm³/mol. The second-order valence-corrected chi connectivity index (χ2v) is 13.6. The molecule has 1 aliphatic heterocycles. The minimum Gasteiger partial charge on any atom is -0.169 e. The lowest BCUT2D eigenvalue weighted by Crippen LogP contribution is -2.27. The van der Waals surface area contributed by atoms with E-state index < -0.39 is 14.8 Å². The second-order valence-electron chi connectivity index (χ2n) is 2.37. The zero-order valence-electron chi connectivity index (χ0n) is 4.96. The minimum atomic E-state index is -1.75. The third-order valence-corrected chi connectivity index (χ3v) is 9.47. The summed E-state index contributed by atoms with van der Waals surface area (Å²) in [4.78, 5) is 0. The molecule has 0 aromatic rings. The molecule has 0 aromatic heterocycles. The summed E-state index contributed by atoms with van der Waals surface area (Å²) in [5.74, 6) is 0. The van der Waals surface area contributed by atoms with Gasteiger partial charge in [-0.05, 0) is 24.2 Å². The molecular formula is C4H8Cl3Si2. The molecule has 9 heavy (non-hydrogen) atoms. The van der Waals surface area contributed by atoms with Crippen LogP contribution in [0.4, 0.5) is 0 Å². The minimum absolute atomic E-state index is 0.525. The highest BCUT2D eigenvalue weighted by molar-refractivity contribution is 7.46. The standard InChI is InChI=1S/C4H8Cl3Si2/c5-8-1-3-9(6,7)4-2-8/h1-4H2. The van der Waals surface area contributed by atoms with Crippen molar-refractivity contribution in [2.75, 3.05) is 0 Å². The summed E-state index contributed by atoms with van der Waals surface area (Å²) in [5, 5.41) is 0. The van der Waals surface area contributed by atoms with Gasteiger partial charge < -0.3 is 0 Å². The van der Waals surface area contributed by atoms with Crippen LogP contribution in [0.25, 0.3) is 0 Å². The Morgan fingerprint density at radius 1 is 1.11 bits per heavy atom. The van der Waals surface area contributed by atoms with Crippen LogP contribution in [0, 0.1) is 0 Å². The van der Waals surface area contributed by atoms with Crippen LogP contribution in [-0.4, -0.2) is 14.8 Å². The highest BCUT2D eigenvalue weighted by Gasteiger charge is 2.34. The zero-order valence-corrected chi connectivity index (χ0v) is 9.23. The molecule has 0 saturated carbocycles. The molecule has 0 aromatic carbocycles. The molecule has 5 heteroatoms. The van der Waals surface area contributed by atoms with Crippen LogP contribution in [0.2, 0.25) is 24.2 Å². The quantitative estimate of drug-likeness (QED) is 0.433. The van der Waals surface area contributed by atoms with Crippen molar-refractivity contribution in [1.29, 1.82) is 0 Å². The van der Waals surface area contributed by atoms with Crippen LogP contribution in [0.15, 0.2) is 0 Å². The molecule has 1 heterocycles. The lowest BCUT2D eigenvalue weighted by molar-refractivity contribution is 1.22. The molecule has 0 N–H and O–H groups in total. The fraction of sp³-hybridized carbons (Fsp3) is 1.00. The summed E-state index contributed by atoms with van der Waals surface area (Å²) in [6.45, 7) is -1.75. The number of hydrogen-bond acceptors (Lipinski definition) is 0. The van der Waals surface area contributed by atoms with Gasteiger partial charge in [-0.15, -0.1) is 22.2 Å². The summed E-state index contributed by atoms with van der Waals surface area (Å²) >= 11 is 17.9. The Labute approximate surface area is 72.2 Å². The molecule has 53 valence electrons. The first-order valence-corrected chi connectivity index (χ1v) is 10.3. The first kappa shape index (κ1) is 8.40. The van der Waals surface area contributed by atoms with Gasteiger partial charge in [0.25, 0.3) is 6.69 Å². The van der Waals surface area contributed by atoms with E-state index in [1.165, 1.54) is 0 Å². The van der Waals surface area contributed by atoms with Crippen molar-refractivity contribution in [3.8, 4) is 0 Å². The molecule has 0 bridgehead atoms. The van der Waals surface area contributed by atoms with Gasteiger partial charge in [0, 0.05) is 0 Å². The third kappa shape index (κ3) is 2.80. The normalized spacial score (nSPS) is 28.3. The van der Waals surface area contributed by atoms with Gasteiger partial charge in [-0.2, -0.15) is 11.1 Å². The molecule has 1 radical (unpaired) electrons. The molecule has 1 rings (SSSR count).